The van der Waals surface area contributed by atoms with Gasteiger partial charge >= 0.3 is 0 Å². The first-order chi connectivity index (χ1) is 19.7. The van der Waals surface area contributed by atoms with Crippen molar-refractivity contribution in [1.29, 1.82) is 0 Å². The number of aromatic nitrogens is 4. The van der Waals surface area contributed by atoms with Crippen LogP contribution in [0.15, 0.2) is 47.7 Å². The maximum Gasteiger partial charge on any atom is 0.278 e. The second kappa shape index (κ2) is 11.5. The predicted molar refractivity (Wildman–Crippen MR) is 158 cm³/mol. The molecular weight excluding hydrogens is 502 g/mol. The molecule has 0 saturated carbocycles. The molecule has 2 aliphatic heterocycles. The number of nitrogens with one attached hydrogen (secondary N) is 1. The first-order valence-electron chi connectivity index (χ1n) is 14.3. The molecule has 0 aliphatic carbocycles. The molecule has 9 nitrogen and oxygen atoms in total. The second-order valence-corrected chi connectivity index (χ2v) is 10.5. The van der Waals surface area contributed by atoms with Gasteiger partial charge in [-0.2, -0.15) is 0 Å². The number of piperidine rings is 1. The Labute approximate surface area is 233 Å². The van der Waals surface area contributed by atoms with Gasteiger partial charge in [-0.25, -0.2) is 4.98 Å². The van der Waals surface area contributed by atoms with Gasteiger partial charge < -0.3 is 19.7 Å². The van der Waals surface area contributed by atoms with Gasteiger partial charge in [-0.3, -0.25) is 19.1 Å². The number of anilines is 1. The summed E-state index contributed by atoms with van der Waals surface area (Å²) in [5.41, 5.74) is 2.04. The lowest BCUT2D eigenvalue weighted by Gasteiger charge is -2.29. The number of likely N-dealkylation sites (tertiary alicyclic amines) is 1. The van der Waals surface area contributed by atoms with E-state index in [9.17, 15) is 9.59 Å². The van der Waals surface area contributed by atoms with Crippen LogP contribution in [0.5, 0.6) is 0 Å². The molecule has 2 fully saturated rings. The van der Waals surface area contributed by atoms with Crippen LogP contribution in [-0.2, 0) is 13.1 Å². The summed E-state index contributed by atoms with van der Waals surface area (Å²) in [5.74, 6) is 6.87. The molecule has 1 amide bonds. The van der Waals surface area contributed by atoms with E-state index in [4.69, 9.17) is 4.98 Å². The molecule has 2 saturated heterocycles. The minimum atomic E-state index is -0.190. The molecule has 3 aromatic heterocycles. The molecule has 206 valence electrons. The SMILES string of the molecule is CC#CCn1c(N2CCCNCC2)c(C(=O)N2CCCCC2)c2ncn(Cc3nccc4ccccc34)c(=O)c21. The van der Waals surface area contributed by atoms with E-state index in [2.05, 4.69) is 27.0 Å². The van der Waals surface area contributed by atoms with E-state index >= 15 is 0 Å². The van der Waals surface area contributed by atoms with Crippen molar-refractivity contribution < 1.29 is 4.79 Å². The fourth-order valence-corrected chi connectivity index (χ4v) is 5.98. The van der Waals surface area contributed by atoms with Gasteiger partial charge in [0.05, 0.1) is 25.1 Å². The summed E-state index contributed by atoms with van der Waals surface area (Å²) in [6, 6.07) is 10.0. The lowest BCUT2D eigenvalue weighted by Crippen LogP contribution is -2.37. The van der Waals surface area contributed by atoms with Crippen LogP contribution >= 0.6 is 0 Å². The standard InChI is InChI=1S/C31H35N7O2/c1-2-3-19-38-28-27(34-22-37(31(28)40)21-25-24-11-6-5-10-23(24)12-14-33-25)26(30(39)36-16-7-4-8-17-36)29(38)35-18-9-13-32-15-20-35/h5-6,10-12,14,22,32H,4,7-9,13,15-21H2,1H3. The minimum absolute atomic E-state index is 0.0412. The highest BCUT2D eigenvalue weighted by molar-refractivity contribution is 6.10. The second-order valence-electron chi connectivity index (χ2n) is 10.5. The van der Waals surface area contributed by atoms with Crippen molar-refractivity contribution >= 4 is 33.5 Å². The van der Waals surface area contributed by atoms with Gasteiger partial charge in [-0.05, 0) is 50.6 Å². The van der Waals surface area contributed by atoms with Crippen LogP contribution in [0.25, 0.3) is 21.8 Å². The first-order valence-corrected chi connectivity index (χ1v) is 14.3. The summed E-state index contributed by atoms with van der Waals surface area (Å²) in [7, 11) is 0. The highest BCUT2D eigenvalue weighted by Gasteiger charge is 2.32. The van der Waals surface area contributed by atoms with E-state index in [1.807, 2.05) is 39.8 Å². The van der Waals surface area contributed by atoms with Gasteiger partial charge in [0.25, 0.3) is 11.5 Å². The molecule has 6 rings (SSSR count). The van der Waals surface area contributed by atoms with Crippen molar-refractivity contribution in [3.8, 4) is 11.8 Å². The summed E-state index contributed by atoms with van der Waals surface area (Å²) in [6.45, 7) is 7.10. The maximum absolute atomic E-state index is 14.2. The van der Waals surface area contributed by atoms with Gasteiger partial charge in [0.1, 0.15) is 22.4 Å². The predicted octanol–water partition coefficient (Wildman–Crippen LogP) is 3.24. The van der Waals surface area contributed by atoms with Crippen LogP contribution in [0.4, 0.5) is 5.82 Å². The Morgan fingerprint density at radius 1 is 1.00 bits per heavy atom. The van der Waals surface area contributed by atoms with E-state index in [0.29, 0.717) is 23.1 Å². The molecule has 1 N–H and O–H groups in total. The molecule has 2 aliphatic rings. The molecule has 40 heavy (non-hydrogen) atoms. The highest BCUT2D eigenvalue weighted by Crippen LogP contribution is 2.33. The number of nitrogens with zero attached hydrogens (tertiary/aromatic N) is 6. The van der Waals surface area contributed by atoms with Crippen LogP contribution in [0.2, 0.25) is 0 Å². The third kappa shape index (κ3) is 4.84. The minimum Gasteiger partial charge on any atom is -0.356 e. The van der Waals surface area contributed by atoms with Crippen molar-refractivity contribution in [2.24, 2.45) is 0 Å². The fraction of sp³-hybridized carbons (Fsp3) is 0.419. The molecule has 0 unspecified atom stereocenters. The zero-order valence-corrected chi connectivity index (χ0v) is 23.0. The molecule has 4 aromatic rings. The Balaban J connectivity index is 1.55. The summed E-state index contributed by atoms with van der Waals surface area (Å²) >= 11 is 0. The molecule has 0 atom stereocenters. The number of fused-ring (bicyclic) bond motifs is 2. The lowest BCUT2D eigenvalue weighted by atomic mass is 10.1. The zero-order chi connectivity index (χ0) is 27.5. The van der Waals surface area contributed by atoms with Gasteiger partial charge in [0.15, 0.2) is 0 Å². The Morgan fingerprint density at radius 3 is 2.70 bits per heavy atom. The zero-order valence-electron chi connectivity index (χ0n) is 23.0. The maximum atomic E-state index is 14.2. The lowest BCUT2D eigenvalue weighted by molar-refractivity contribution is 0.0726. The number of amides is 1. The van der Waals surface area contributed by atoms with Crippen molar-refractivity contribution in [3.63, 3.8) is 0 Å². The topological polar surface area (TPSA) is 88.3 Å². The smallest absolute Gasteiger partial charge is 0.278 e. The van der Waals surface area contributed by atoms with Crippen molar-refractivity contribution in [1.82, 2.24) is 29.3 Å². The summed E-state index contributed by atoms with van der Waals surface area (Å²) < 4.78 is 3.55. The summed E-state index contributed by atoms with van der Waals surface area (Å²) in [6.07, 6.45) is 7.41. The van der Waals surface area contributed by atoms with Gasteiger partial charge in [0, 0.05) is 44.3 Å². The quantitative estimate of drug-likeness (QED) is 0.394. The molecular formula is C31H35N7O2. The van der Waals surface area contributed by atoms with Crippen molar-refractivity contribution in [2.45, 2.75) is 45.7 Å². The number of pyridine rings is 1. The fourth-order valence-electron chi connectivity index (χ4n) is 5.98. The molecule has 0 spiro atoms. The number of hydrogen-bond donors (Lipinski definition) is 1. The van der Waals surface area contributed by atoms with Crippen molar-refractivity contribution in [3.05, 3.63) is 64.5 Å². The first kappa shape index (κ1) is 26.1. The number of carbonyl (C=O) groups excluding carboxylic acids is 1. The summed E-state index contributed by atoms with van der Waals surface area (Å²) in [4.78, 5) is 42.0. The van der Waals surface area contributed by atoms with Crippen LogP contribution < -0.4 is 15.8 Å². The average molecular weight is 538 g/mol. The summed E-state index contributed by atoms with van der Waals surface area (Å²) in [5, 5.41) is 5.53. The van der Waals surface area contributed by atoms with Crippen LogP contribution in [-0.4, -0.2) is 69.2 Å². The highest BCUT2D eigenvalue weighted by atomic mass is 16.2. The number of hydrogen-bond acceptors (Lipinski definition) is 6. The van der Waals surface area contributed by atoms with Crippen LogP contribution in [0, 0.1) is 11.8 Å². The largest absolute Gasteiger partial charge is 0.356 e. The molecule has 1 aromatic carbocycles. The Hall–Kier alpha value is -4.16. The van der Waals surface area contributed by atoms with Gasteiger partial charge in [-0.1, -0.05) is 30.2 Å². The molecule has 5 heterocycles. The third-order valence-electron chi connectivity index (χ3n) is 7.99. The van der Waals surface area contributed by atoms with E-state index in [1.165, 1.54) is 0 Å². The monoisotopic (exact) mass is 537 g/mol. The Morgan fingerprint density at radius 2 is 1.85 bits per heavy atom. The molecule has 0 bridgehead atoms. The Kier molecular flexibility index (Phi) is 7.51. The average Bonchev–Trinajstić information content (AvgIpc) is 3.11. The van der Waals surface area contributed by atoms with E-state index in [0.717, 1.165) is 87.2 Å². The van der Waals surface area contributed by atoms with Crippen LogP contribution in [0.1, 0.15) is 48.7 Å². The van der Waals surface area contributed by atoms with E-state index in [1.54, 1.807) is 24.0 Å². The van der Waals surface area contributed by atoms with E-state index in [-0.39, 0.29) is 18.0 Å². The third-order valence-corrected chi connectivity index (χ3v) is 7.99. The number of benzene rings is 1. The van der Waals surface area contributed by atoms with E-state index < -0.39 is 0 Å². The normalized spacial score (nSPS) is 16.1. The molecule has 9 heteroatoms. The number of carbonyl (C=O) groups is 1. The number of rotatable bonds is 5. The molecule has 0 radical (unpaired) electrons. The van der Waals surface area contributed by atoms with Gasteiger partial charge in [0.2, 0.25) is 0 Å². The Bertz CT molecular complexity index is 1660. The van der Waals surface area contributed by atoms with Crippen LogP contribution in [0.3, 0.4) is 0 Å². The van der Waals surface area contributed by atoms with Crippen molar-refractivity contribution in [2.75, 3.05) is 44.2 Å². The van der Waals surface area contributed by atoms with Gasteiger partial charge in [-0.15, -0.1) is 5.92 Å².